The van der Waals surface area contributed by atoms with Crippen molar-refractivity contribution >= 4 is 23.3 Å². The van der Waals surface area contributed by atoms with Crippen molar-refractivity contribution in [1.82, 2.24) is 10.2 Å². The number of benzene rings is 1. The number of hydrogen-bond acceptors (Lipinski definition) is 4. The molecule has 1 aromatic carbocycles. The Morgan fingerprint density at radius 1 is 1.58 bits per heavy atom. The van der Waals surface area contributed by atoms with Gasteiger partial charge in [-0.3, -0.25) is 4.79 Å². The Balaban J connectivity index is 1.97. The van der Waals surface area contributed by atoms with E-state index in [2.05, 4.69) is 10.6 Å². The molecule has 19 heavy (non-hydrogen) atoms. The molecule has 4 N–H and O–H groups in total. The van der Waals surface area contributed by atoms with Gasteiger partial charge in [-0.05, 0) is 12.1 Å². The van der Waals surface area contributed by atoms with Gasteiger partial charge in [0.25, 0.3) is 0 Å². The first kappa shape index (κ1) is 13.0. The molecule has 0 atom stereocenters. The molecular weight excluding hydrogens is 248 g/mol. The van der Waals surface area contributed by atoms with Gasteiger partial charge < -0.3 is 26.0 Å². The number of nitrogen functional groups attached to an aromatic ring is 1. The van der Waals surface area contributed by atoms with E-state index in [9.17, 15) is 9.59 Å². The Labute approximate surface area is 110 Å². The van der Waals surface area contributed by atoms with Crippen molar-refractivity contribution in [2.75, 3.05) is 37.8 Å². The molecular formula is C12H16N4O3. The molecule has 7 nitrogen and oxygen atoms in total. The number of nitrogens with zero attached hydrogens (tertiary/aromatic N) is 1. The highest BCUT2D eigenvalue weighted by Gasteiger charge is 2.21. The smallest absolute Gasteiger partial charge is 0.317 e. The first-order valence-corrected chi connectivity index (χ1v) is 5.86. The van der Waals surface area contributed by atoms with Crippen molar-refractivity contribution in [3.63, 3.8) is 0 Å². The van der Waals surface area contributed by atoms with Gasteiger partial charge in [0.2, 0.25) is 5.91 Å². The number of carbonyl (C=O) groups excluding carboxylic acids is 2. The third-order valence-corrected chi connectivity index (χ3v) is 2.81. The summed E-state index contributed by atoms with van der Waals surface area (Å²) in [5.41, 5.74) is 6.71. The van der Waals surface area contributed by atoms with Crippen molar-refractivity contribution in [3.8, 4) is 5.75 Å². The molecule has 0 spiro atoms. The second-order valence-corrected chi connectivity index (χ2v) is 4.15. The Morgan fingerprint density at radius 2 is 2.37 bits per heavy atom. The molecule has 7 heteroatoms. The Hall–Kier alpha value is -2.44. The molecule has 1 heterocycles. The normalized spacial score (nSPS) is 14.2. The molecule has 1 aromatic rings. The molecule has 102 valence electrons. The van der Waals surface area contributed by atoms with Crippen LogP contribution in [0.2, 0.25) is 0 Å². The predicted octanol–water partition coefficient (Wildman–Crippen LogP) is 0.241. The summed E-state index contributed by atoms with van der Waals surface area (Å²) < 4.78 is 5.02. The van der Waals surface area contributed by atoms with Gasteiger partial charge >= 0.3 is 6.03 Å². The number of nitrogens with one attached hydrogen (secondary N) is 2. The first-order chi connectivity index (χ1) is 9.10. The van der Waals surface area contributed by atoms with Gasteiger partial charge in [-0.25, -0.2) is 4.79 Å². The topological polar surface area (TPSA) is 96.7 Å². The van der Waals surface area contributed by atoms with Crippen LogP contribution in [0.25, 0.3) is 0 Å². The second-order valence-electron chi connectivity index (χ2n) is 4.15. The summed E-state index contributed by atoms with van der Waals surface area (Å²) in [7, 11) is 1.54. The predicted molar refractivity (Wildman–Crippen MR) is 71.0 cm³/mol. The van der Waals surface area contributed by atoms with E-state index in [-0.39, 0.29) is 18.5 Å². The van der Waals surface area contributed by atoms with Crippen molar-refractivity contribution in [3.05, 3.63) is 18.2 Å². The third-order valence-electron chi connectivity index (χ3n) is 2.81. The molecule has 0 radical (unpaired) electrons. The molecule has 2 rings (SSSR count). The van der Waals surface area contributed by atoms with Crippen LogP contribution in [0.1, 0.15) is 0 Å². The zero-order chi connectivity index (χ0) is 13.8. The molecule has 0 bridgehead atoms. The van der Waals surface area contributed by atoms with Crippen molar-refractivity contribution in [2.45, 2.75) is 0 Å². The van der Waals surface area contributed by atoms with Crippen LogP contribution in [0.3, 0.4) is 0 Å². The molecule has 0 saturated carbocycles. The Bertz CT molecular complexity index is 504. The highest BCUT2D eigenvalue weighted by atomic mass is 16.5. The quantitative estimate of drug-likeness (QED) is 0.679. The lowest BCUT2D eigenvalue weighted by Crippen LogP contribution is -2.35. The zero-order valence-electron chi connectivity index (χ0n) is 10.6. The maximum atomic E-state index is 11.8. The maximum Gasteiger partial charge on any atom is 0.317 e. The third kappa shape index (κ3) is 3.06. The first-order valence-electron chi connectivity index (χ1n) is 5.86. The largest absolute Gasteiger partial charge is 0.497 e. The molecule has 1 aliphatic heterocycles. The number of amides is 3. The van der Waals surface area contributed by atoms with Gasteiger partial charge in [-0.2, -0.15) is 0 Å². The summed E-state index contributed by atoms with van der Waals surface area (Å²) in [6, 6.07) is 4.76. The van der Waals surface area contributed by atoms with E-state index in [0.717, 1.165) is 0 Å². The van der Waals surface area contributed by atoms with E-state index < -0.39 is 0 Å². The van der Waals surface area contributed by atoms with E-state index in [0.29, 0.717) is 30.2 Å². The van der Waals surface area contributed by atoms with Crippen LogP contribution in [-0.2, 0) is 4.79 Å². The van der Waals surface area contributed by atoms with E-state index in [1.807, 2.05) is 0 Å². The molecule has 0 aromatic heterocycles. The number of nitrogens with two attached hydrogens (primary N) is 1. The molecule has 1 fully saturated rings. The monoisotopic (exact) mass is 264 g/mol. The Morgan fingerprint density at radius 3 is 2.95 bits per heavy atom. The fraction of sp³-hybridized carbons (Fsp3) is 0.333. The molecule has 0 aliphatic carbocycles. The average Bonchev–Trinajstić information content (AvgIpc) is 2.77. The number of rotatable bonds is 4. The minimum absolute atomic E-state index is 0.0112. The SMILES string of the molecule is COc1ccc(NC(=O)CN2CCNC2=O)c(N)c1. The summed E-state index contributed by atoms with van der Waals surface area (Å²) in [5, 5.41) is 5.30. The van der Waals surface area contributed by atoms with Crippen LogP contribution in [-0.4, -0.2) is 43.6 Å². The van der Waals surface area contributed by atoms with Crippen LogP contribution in [0, 0.1) is 0 Å². The fourth-order valence-corrected chi connectivity index (χ4v) is 1.81. The van der Waals surface area contributed by atoms with Gasteiger partial charge in [0.1, 0.15) is 12.3 Å². The highest BCUT2D eigenvalue weighted by molar-refractivity contribution is 5.97. The Kier molecular flexibility index (Phi) is 3.74. The number of ether oxygens (including phenoxy) is 1. The van der Waals surface area contributed by atoms with Gasteiger partial charge in [0, 0.05) is 19.2 Å². The van der Waals surface area contributed by atoms with Gasteiger partial charge in [-0.1, -0.05) is 0 Å². The second kappa shape index (κ2) is 5.47. The summed E-state index contributed by atoms with van der Waals surface area (Å²) in [6.07, 6.45) is 0. The number of carbonyl (C=O) groups is 2. The van der Waals surface area contributed by atoms with E-state index in [1.54, 1.807) is 25.3 Å². The number of methoxy groups -OCH3 is 1. The number of urea groups is 1. The maximum absolute atomic E-state index is 11.8. The minimum atomic E-state index is -0.283. The fourth-order valence-electron chi connectivity index (χ4n) is 1.81. The lowest BCUT2D eigenvalue weighted by molar-refractivity contribution is -0.116. The standard InChI is InChI=1S/C12H16N4O3/c1-19-8-2-3-10(9(13)6-8)15-11(17)7-16-5-4-14-12(16)18/h2-3,6H,4-5,7,13H2,1H3,(H,14,18)(H,15,17). The van der Waals surface area contributed by atoms with E-state index >= 15 is 0 Å². The highest BCUT2D eigenvalue weighted by Crippen LogP contribution is 2.23. The lowest BCUT2D eigenvalue weighted by Gasteiger charge is -2.14. The van der Waals surface area contributed by atoms with Crippen LogP contribution in [0.4, 0.5) is 16.2 Å². The van der Waals surface area contributed by atoms with Crippen molar-refractivity contribution in [2.24, 2.45) is 0 Å². The molecule has 0 unspecified atom stereocenters. The van der Waals surface area contributed by atoms with Crippen LogP contribution < -0.4 is 21.1 Å². The number of anilines is 2. The summed E-state index contributed by atoms with van der Waals surface area (Å²) in [4.78, 5) is 24.5. The lowest BCUT2D eigenvalue weighted by atomic mass is 10.2. The summed E-state index contributed by atoms with van der Waals surface area (Å²) in [5.74, 6) is 0.336. The van der Waals surface area contributed by atoms with Gasteiger partial charge in [0.15, 0.2) is 0 Å². The average molecular weight is 264 g/mol. The minimum Gasteiger partial charge on any atom is -0.497 e. The van der Waals surface area contributed by atoms with Crippen LogP contribution in [0.5, 0.6) is 5.75 Å². The molecule has 3 amide bonds. The van der Waals surface area contributed by atoms with Gasteiger partial charge in [-0.15, -0.1) is 0 Å². The molecule has 1 aliphatic rings. The molecule has 1 saturated heterocycles. The number of hydrogen-bond donors (Lipinski definition) is 3. The van der Waals surface area contributed by atoms with E-state index in [4.69, 9.17) is 10.5 Å². The van der Waals surface area contributed by atoms with E-state index in [1.165, 1.54) is 4.90 Å². The van der Waals surface area contributed by atoms with Crippen LogP contribution in [0.15, 0.2) is 18.2 Å². The summed E-state index contributed by atoms with van der Waals surface area (Å²) in [6.45, 7) is 1.11. The van der Waals surface area contributed by atoms with Gasteiger partial charge in [0.05, 0.1) is 18.5 Å². The van der Waals surface area contributed by atoms with Crippen molar-refractivity contribution in [1.29, 1.82) is 0 Å². The zero-order valence-corrected chi connectivity index (χ0v) is 10.6. The van der Waals surface area contributed by atoms with Crippen LogP contribution >= 0.6 is 0 Å². The van der Waals surface area contributed by atoms with Crippen molar-refractivity contribution < 1.29 is 14.3 Å². The summed E-state index contributed by atoms with van der Waals surface area (Å²) >= 11 is 0.